The number of thiophene rings is 1. The summed E-state index contributed by atoms with van der Waals surface area (Å²) in [4.78, 5) is 26.7. The third kappa shape index (κ3) is 4.01. The minimum atomic E-state index is -0.427. The van der Waals surface area contributed by atoms with Crippen molar-refractivity contribution < 1.29 is 18.7 Å². The van der Waals surface area contributed by atoms with Crippen LogP contribution in [-0.2, 0) is 11.3 Å². The number of fused-ring (bicyclic) bond motifs is 1. The number of rotatable bonds is 6. The van der Waals surface area contributed by atoms with E-state index < -0.39 is 5.97 Å². The van der Waals surface area contributed by atoms with Gasteiger partial charge in [0, 0.05) is 23.6 Å². The highest BCUT2D eigenvalue weighted by Gasteiger charge is 2.24. The lowest BCUT2D eigenvalue weighted by Crippen LogP contribution is -2.19. The summed E-state index contributed by atoms with van der Waals surface area (Å²) in [5.41, 5.74) is 5.44. The second-order valence-corrected chi connectivity index (χ2v) is 8.66. The maximum absolute atomic E-state index is 13.3. The summed E-state index contributed by atoms with van der Waals surface area (Å²) in [6.07, 6.45) is 1.61. The lowest BCUT2D eigenvalue weighted by Gasteiger charge is -2.11. The largest absolute Gasteiger partial charge is 0.463 e. The van der Waals surface area contributed by atoms with Gasteiger partial charge in [-0.3, -0.25) is 4.79 Å². The Labute approximate surface area is 184 Å². The molecule has 0 unspecified atom stereocenters. The summed E-state index contributed by atoms with van der Waals surface area (Å²) < 4.78 is 12.7. The number of hydrogen-bond acceptors (Lipinski definition) is 5. The van der Waals surface area contributed by atoms with Crippen LogP contribution in [0.25, 0.3) is 11.1 Å². The van der Waals surface area contributed by atoms with E-state index >= 15 is 0 Å². The molecule has 6 nitrogen and oxygen atoms in total. The summed E-state index contributed by atoms with van der Waals surface area (Å²) in [6.45, 7) is 8.39. The van der Waals surface area contributed by atoms with Gasteiger partial charge in [0.25, 0.3) is 5.91 Å². The Bertz CT molecular complexity index is 1260. The van der Waals surface area contributed by atoms with Gasteiger partial charge in [0.1, 0.15) is 10.7 Å². The second kappa shape index (κ2) is 8.43. The van der Waals surface area contributed by atoms with Gasteiger partial charge in [-0.25, -0.2) is 4.79 Å². The molecule has 1 aromatic carbocycles. The number of carbonyl (C=O) groups excluding carboxylic acids is 2. The Morgan fingerprint density at radius 1 is 1.13 bits per heavy atom. The first-order valence-electron chi connectivity index (χ1n) is 10.1. The fraction of sp³-hybridized carbons (Fsp3) is 0.250. The van der Waals surface area contributed by atoms with Crippen molar-refractivity contribution in [1.29, 1.82) is 0 Å². The number of amides is 1. The Morgan fingerprint density at radius 2 is 1.87 bits per heavy atom. The minimum Gasteiger partial charge on any atom is -0.463 e. The Morgan fingerprint density at radius 3 is 2.58 bits per heavy atom. The normalized spacial score (nSPS) is 11.1. The van der Waals surface area contributed by atoms with Gasteiger partial charge in [0.05, 0.1) is 24.0 Å². The molecular formula is C24H24N2O4S. The maximum atomic E-state index is 13.3. The smallest absolute Gasteiger partial charge is 0.341 e. The summed E-state index contributed by atoms with van der Waals surface area (Å²) in [6, 6.07) is 11.8. The van der Waals surface area contributed by atoms with Gasteiger partial charge < -0.3 is 19.0 Å². The molecule has 3 heterocycles. The third-order valence-corrected chi connectivity index (χ3v) is 6.43. The van der Waals surface area contributed by atoms with Gasteiger partial charge in [-0.2, -0.15) is 0 Å². The minimum absolute atomic E-state index is 0.274. The first-order valence-corrected chi connectivity index (χ1v) is 10.9. The lowest BCUT2D eigenvalue weighted by molar-refractivity contribution is 0.0527. The van der Waals surface area contributed by atoms with Crippen molar-refractivity contribution in [3.05, 3.63) is 75.5 Å². The first-order chi connectivity index (χ1) is 14.9. The zero-order chi connectivity index (χ0) is 22.1. The van der Waals surface area contributed by atoms with E-state index in [4.69, 9.17) is 9.15 Å². The quantitative estimate of drug-likeness (QED) is 0.394. The predicted octanol–water partition coefficient (Wildman–Crippen LogP) is 5.70. The molecule has 0 aliphatic rings. The lowest BCUT2D eigenvalue weighted by atomic mass is 10.1. The van der Waals surface area contributed by atoms with Gasteiger partial charge in [-0.15, -0.1) is 11.3 Å². The average molecular weight is 437 g/mol. The van der Waals surface area contributed by atoms with Gasteiger partial charge in [0.15, 0.2) is 5.58 Å². The number of nitrogens with zero attached hydrogens (tertiary/aromatic N) is 1. The van der Waals surface area contributed by atoms with Crippen LogP contribution in [0.4, 0.5) is 5.00 Å². The van der Waals surface area contributed by atoms with Crippen molar-refractivity contribution in [3.8, 4) is 0 Å². The zero-order valence-electron chi connectivity index (χ0n) is 17.9. The van der Waals surface area contributed by atoms with E-state index in [1.54, 1.807) is 19.3 Å². The molecule has 0 atom stereocenters. The number of furan rings is 1. The topological polar surface area (TPSA) is 73.5 Å². The molecule has 1 amide bonds. The molecule has 0 saturated heterocycles. The monoisotopic (exact) mass is 436 g/mol. The third-order valence-electron chi connectivity index (χ3n) is 5.31. The molecular weight excluding hydrogens is 412 g/mol. The molecule has 4 rings (SSSR count). The molecule has 1 N–H and O–H groups in total. The summed E-state index contributed by atoms with van der Waals surface area (Å²) in [5.74, 6) is -0.728. The summed E-state index contributed by atoms with van der Waals surface area (Å²) in [7, 11) is 0. The summed E-state index contributed by atoms with van der Waals surface area (Å²) >= 11 is 1.37. The van der Waals surface area contributed by atoms with Crippen LogP contribution in [0, 0.1) is 20.8 Å². The van der Waals surface area contributed by atoms with Crippen molar-refractivity contribution in [3.63, 3.8) is 0 Å². The van der Waals surface area contributed by atoms with Gasteiger partial charge in [-0.1, -0.05) is 29.8 Å². The van der Waals surface area contributed by atoms with E-state index in [1.165, 1.54) is 16.9 Å². The highest BCUT2D eigenvalue weighted by atomic mass is 32.1. The Kier molecular flexibility index (Phi) is 5.69. The number of carbonyl (C=O) groups is 2. The van der Waals surface area contributed by atoms with Gasteiger partial charge >= 0.3 is 5.97 Å². The molecule has 0 saturated carbocycles. The molecule has 4 aromatic rings. The number of anilines is 1. The van der Waals surface area contributed by atoms with Crippen molar-refractivity contribution >= 4 is 39.3 Å². The standard InChI is InChI=1S/C24H24N2O4S/c1-5-29-24(28)21-15(3)16(4)31-23(21)25-22(27)19-12-20-18(10-11-30-20)26(19)13-17-8-6-14(2)7-9-17/h6-12H,5,13H2,1-4H3,(H,25,27). The van der Waals surface area contributed by atoms with E-state index in [2.05, 4.69) is 5.32 Å². The predicted molar refractivity (Wildman–Crippen MR) is 122 cm³/mol. The van der Waals surface area contributed by atoms with Crippen LogP contribution in [0.15, 0.2) is 47.1 Å². The van der Waals surface area contributed by atoms with Crippen LogP contribution in [0.1, 0.15) is 49.3 Å². The van der Waals surface area contributed by atoms with Crippen molar-refractivity contribution in [2.45, 2.75) is 34.2 Å². The number of esters is 1. The van der Waals surface area contributed by atoms with E-state index in [0.717, 1.165) is 21.5 Å². The van der Waals surface area contributed by atoms with Gasteiger partial charge in [0.2, 0.25) is 0 Å². The van der Waals surface area contributed by atoms with Crippen molar-refractivity contribution in [1.82, 2.24) is 4.57 Å². The number of hydrogen-bond donors (Lipinski definition) is 1. The first kappa shape index (κ1) is 20.9. The molecule has 0 fully saturated rings. The highest BCUT2D eigenvalue weighted by molar-refractivity contribution is 7.16. The fourth-order valence-corrected chi connectivity index (χ4v) is 4.59. The number of ether oxygens (including phenoxy) is 1. The second-order valence-electron chi connectivity index (χ2n) is 7.43. The van der Waals surface area contributed by atoms with Crippen molar-refractivity contribution in [2.75, 3.05) is 11.9 Å². The molecule has 0 bridgehead atoms. The Balaban J connectivity index is 1.69. The van der Waals surface area contributed by atoms with Gasteiger partial charge in [-0.05, 0) is 38.8 Å². The van der Waals surface area contributed by atoms with E-state index in [1.807, 2.05) is 55.7 Å². The summed E-state index contributed by atoms with van der Waals surface area (Å²) in [5, 5.41) is 3.43. The number of benzene rings is 1. The van der Waals surface area contributed by atoms with E-state index in [9.17, 15) is 9.59 Å². The molecule has 31 heavy (non-hydrogen) atoms. The molecule has 0 aliphatic heterocycles. The van der Waals surface area contributed by atoms with Crippen LogP contribution < -0.4 is 5.32 Å². The maximum Gasteiger partial charge on any atom is 0.341 e. The molecule has 0 aliphatic carbocycles. The zero-order valence-corrected chi connectivity index (χ0v) is 18.8. The number of nitrogens with one attached hydrogen (secondary N) is 1. The average Bonchev–Trinajstić information content (AvgIpc) is 3.39. The van der Waals surface area contributed by atoms with Crippen molar-refractivity contribution in [2.24, 2.45) is 0 Å². The molecule has 160 valence electrons. The van der Waals surface area contributed by atoms with E-state index in [0.29, 0.717) is 28.4 Å². The van der Waals surface area contributed by atoms with Crippen LogP contribution >= 0.6 is 11.3 Å². The fourth-order valence-electron chi connectivity index (χ4n) is 3.54. The van der Waals surface area contributed by atoms with Crippen LogP contribution in [0.3, 0.4) is 0 Å². The molecule has 7 heteroatoms. The van der Waals surface area contributed by atoms with Crippen LogP contribution in [0.2, 0.25) is 0 Å². The van der Waals surface area contributed by atoms with Crippen LogP contribution in [0.5, 0.6) is 0 Å². The number of aryl methyl sites for hydroxylation is 2. The molecule has 3 aromatic heterocycles. The number of aromatic nitrogens is 1. The SMILES string of the molecule is CCOC(=O)c1c(NC(=O)c2cc3occc3n2Cc2ccc(C)cc2)sc(C)c1C. The molecule has 0 radical (unpaired) electrons. The Hall–Kier alpha value is -3.32. The van der Waals surface area contributed by atoms with Crippen LogP contribution in [-0.4, -0.2) is 23.1 Å². The van der Waals surface area contributed by atoms with E-state index in [-0.39, 0.29) is 12.5 Å². The highest BCUT2D eigenvalue weighted by Crippen LogP contribution is 2.34. The molecule has 0 spiro atoms.